The van der Waals surface area contributed by atoms with Crippen molar-refractivity contribution in [3.8, 4) is 5.75 Å². The Morgan fingerprint density at radius 3 is 2.45 bits per heavy atom. The zero-order chi connectivity index (χ0) is 15.5. The number of benzene rings is 2. The summed E-state index contributed by atoms with van der Waals surface area (Å²) < 4.78 is 12.9. The number of phenols is 1. The number of amides is 1. The van der Waals surface area contributed by atoms with Crippen molar-refractivity contribution in [2.75, 3.05) is 0 Å². The summed E-state index contributed by atoms with van der Waals surface area (Å²) in [7, 11) is 0. The Labute approximate surface area is 130 Å². The van der Waals surface area contributed by atoms with Crippen molar-refractivity contribution in [2.45, 2.75) is 0 Å². The van der Waals surface area contributed by atoms with Crippen molar-refractivity contribution in [3.63, 3.8) is 0 Å². The number of halogens is 1. The summed E-state index contributed by atoms with van der Waals surface area (Å²) in [4.78, 5) is 16.6. The number of amidine groups is 1. The molecule has 0 saturated carbocycles. The van der Waals surface area contributed by atoms with Gasteiger partial charge in [-0.2, -0.15) is 0 Å². The van der Waals surface area contributed by atoms with E-state index in [4.69, 9.17) is 0 Å². The lowest BCUT2D eigenvalue weighted by molar-refractivity contribution is 0.265. The highest BCUT2D eigenvalue weighted by molar-refractivity contribution is 8.18. The first-order chi connectivity index (χ1) is 10.6. The van der Waals surface area contributed by atoms with Gasteiger partial charge in [0.1, 0.15) is 17.4 Å². The third-order valence-corrected chi connectivity index (χ3v) is 3.73. The number of carbonyl (C=O) groups is 1. The van der Waals surface area contributed by atoms with E-state index >= 15 is 0 Å². The molecule has 0 aliphatic carbocycles. The summed E-state index contributed by atoms with van der Waals surface area (Å²) in [5, 5.41) is 11.7. The molecule has 3 rings (SSSR count). The second-order valence-corrected chi connectivity index (χ2v) is 5.57. The van der Waals surface area contributed by atoms with E-state index in [0.29, 0.717) is 16.4 Å². The highest BCUT2D eigenvalue weighted by Gasteiger charge is 2.23. The van der Waals surface area contributed by atoms with Crippen LogP contribution in [0.1, 0.15) is 5.56 Å². The van der Waals surface area contributed by atoms with Crippen LogP contribution >= 0.6 is 11.8 Å². The zero-order valence-corrected chi connectivity index (χ0v) is 12.1. The highest BCUT2D eigenvalue weighted by Crippen LogP contribution is 2.28. The van der Waals surface area contributed by atoms with Gasteiger partial charge in [0.25, 0.3) is 5.24 Å². The fourth-order valence-corrected chi connectivity index (χ4v) is 2.62. The van der Waals surface area contributed by atoms with Gasteiger partial charge in [-0.3, -0.25) is 4.79 Å². The van der Waals surface area contributed by atoms with Gasteiger partial charge in [0.05, 0.1) is 10.6 Å². The van der Waals surface area contributed by atoms with E-state index in [1.807, 2.05) is 0 Å². The zero-order valence-electron chi connectivity index (χ0n) is 11.3. The van der Waals surface area contributed by atoms with Crippen molar-refractivity contribution in [3.05, 3.63) is 64.8 Å². The van der Waals surface area contributed by atoms with E-state index in [1.54, 1.807) is 30.3 Å². The van der Waals surface area contributed by atoms with E-state index in [1.165, 1.54) is 24.3 Å². The van der Waals surface area contributed by atoms with Crippen molar-refractivity contribution in [1.29, 1.82) is 0 Å². The lowest BCUT2D eigenvalue weighted by atomic mass is 10.2. The molecule has 1 saturated heterocycles. The molecule has 0 aromatic heterocycles. The van der Waals surface area contributed by atoms with Crippen molar-refractivity contribution < 1.29 is 14.3 Å². The maximum Gasteiger partial charge on any atom is 0.289 e. The molecule has 4 nitrogen and oxygen atoms in total. The Bertz CT molecular complexity index is 702. The number of thioether (sulfide) groups is 1. The number of carbonyl (C=O) groups excluding carboxylic acids is 1. The Morgan fingerprint density at radius 2 is 1.77 bits per heavy atom. The summed E-state index contributed by atoms with van der Waals surface area (Å²) in [6.45, 7) is 0. The van der Waals surface area contributed by atoms with Crippen molar-refractivity contribution in [2.24, 2.45) is 4.99 Å². The number of nitrogens with zero attached hydrogens (tertiary/aromatic N) is 1. The van der Waals surface area contributed by atoms with Gasteiger partial charge in [-0.1, -0.05) is 12.1 Å². The summed E-state index contributed by atoms with van der Waals surface area (Å²) in [5.41, 5.74) is 1.39. The molecule has 0 radical (unpaired) electrons. The van der Waals surface area contributed by atoms with E-state index < -0.39 is 0 Å². The molecule has 0 bridgehead atoms. The minimum absolute atomic E-state index is 0.177. The summed E-state index contributed by atoms with van der Waals surface area (Å²) >= 11 is 1.04. The first kappa shape index (κ1) is 14.3. The minimum Gasteiger partial charge on any atom is -0.508 e. The minimum atomic E-state index is -0.339. The normalized spacial score (nSPS) is 18.0. The van der Waals surface area contributed by atoms with Crippen LogP contribution in [-0.4, -0.2) is 16.2 Å². The highest BCUT2D eigenvalue weighted by atomic mass is 32.2. The summed E-state index contributed by atoms with van der Waals surface area (Å²) in [6.07, 6.45) is 1.80. The third-order valence-electron chi connectivity index (χ3n) is 2.91. The molecule has 110 valence electrons. The maximum absolute atomic E-state index is 12.9. The topological polar surface area (TPSA) is 61.7 Å². The first-order valence-corrected chi connectivity index (χ1v) is 7.26. The van der Waals surface area contributed by atoms with Crippen LogP contribution < -0.4 is 5.32 Å². The number of aromatic hydroxyl groups is 1. The smallest absolute Gasteiger partial charge is 0.289 e. The van der Waals surface area contributed by atoms with Crippen LogP contribution in [0.25, 0.3) is 6.08 Å². The molecule has 1 heterocycles. The van der Waals surface area contributed by atoms with Crippen LogP contribution in [0.5, 0.6) is 5.75 Å². The first-order valence-electron chi connectivity index (χ1n) is 6.44. The van der Waals surface area contributed by atoms with Gasteiger partial charge in [-0.05, 0) is 59.8 Å². The van der Waals surface area contributed by atoms with Gasteiger partial charge in [-0.15, -0.1) is 0 Å². The van der Waals surface area contributed by atoms with Gasteiger partial charge in [0.2, 0.25) is 0 Å². The van der Waals surface area contributed by atoms with Crippen molar-refractivity contribution in [1.82, 2.24) is 5.32 Å². The van der Waals surface area contributed by atoms with Crippen LogP contribution in [0.15, 0.2) is 58.4 Å². The lowest BCUT2D eigenvalue weighted by Crippen LogP contribution is -2.18. The average Bonchev–Trinajstić information content (AvgIpc) is 2.83. The predicted molar refractivity (Wildman–Crippen MR) is 85.7 cm³/mol. The monoisotopic (exact) mass is 314 g/mol. The number of phenolic OH excluding ortho intramolecular Hbond substituents is 1. The Hall–Kier alpha value is -2.60. The lowest BCUT2D eigenvalue weighted by Gasteiger charge is -2.00. The van der Waals surface area contributed by atoms with Crippen LogP contribution in [0.2, 0.25) is 0 Å². The molecule has 2 aromatic carbocycles. The molecule has 6 heteroatoms. The van der Waals surface area contributed by atoms with Gasteiger partial charge < -0.3 is 10.4 Å². The van der Waals surface area contributed by atoms with E-state index in [0.717, 1.165) is 17.3 Å². The molecule has 22 heavy (non-hydrogen) atoms. The molecule has 1 amide bonds. The van der Waals surface area contributed by atoms with Gasteiger partial charge in [0.15, 0.2) is 0 Å². The summed E-state index contributed by atoms with van der Waals surface area (Å²) in [6, 6.07) is 12.3. The standard InChI is InChI=1S/C16H11FN2O2S/c17-11-3-5-12(6-4-11)18-15-14(22-16(21)19-15)9-10-1-7-13(20)8-2-10/h1-9,20H,(H,18,19,21)/b14-9-. The molecular formula is C16H11FN2O2S. The predicted octanol–water partition coefficient (Wildman–Crippen LogP) is 4.06. The molecule has 1 fully saturated rings. The molecular weight excluding hydrogens is 303 g/mol. The van der Waals surface area contributed by atoms with E-state index in [9.17, 15) is 14.3 Å². The van der Waals surface area contributed by atoms with Crippen LogP contribution in [0.3, 0.4) is 0 Å². The molecule has 0 unspecified atom stereocenters. The van der Waals surface area contributed by atoms with Gasteiger partial charge >= 0.3 is 0 Å². The molecule has 2 N–H and O–H groups in total. The fraction of sp³-hybridized carbons (Fsp3) is 0. The molecule has 0 spiro atoms. The Kier molecular flexibility index (Phi) is 3.93. The average molecular weight is 314 g/mol. The van der Waals surface area contributed by atoms with Crippen LogP contribution in [0, 0.1) is 5.82 Å². The second-order valence-electron chi connectivity index (χ2n) is 4.55. The number of hydrogen-bond acceptors (Lipinski definition) is 4. The quantitative estimate of drug-likeness (QED) is 0.878. The maximum atomic E-state index is 12.9. The fourth-order valence-electron chi connectivity index (χ4n) is 1.88. The van der Waals surface area contributed by atoms with Crippen molar-refractivity contribution >= 4 is 34.6 Å². The second kappa shape index (κ2) is 6.03. The Morgan fingerprint density at radius 1 is 1.09 bits per heavy atom. The molecule has 0 atom stereocenters. The van der Waals surface area contributed by atoms with E-state index in [-0.39, 0.29) is 16.8 Å². The SMILES string of the molecule is O=C1NC(=Nc2ccc(F)cc2)/C(=C/c2ccc(O)cc2)S1. The van der Waals surface area contributed by atoms with Crippen LogP contribution in [-0.2, 0) is 0 Å². The molecule has 1 aliphatic heterocycles. The molecule has 2 aromatic rings. The number of nitrogens with one attached hydrogen (secondary N) is 1. The largest absolute Gasteiger partial charge is 0.508 e. The van der Waals surface area contributed by atoms with Gasteiger partial charge in [0, 0.05) is 0 Å². The third kappa shape index (κ3) is 3.35. The number of rotatable bonds is 2. The van der Waals surface area contributed by atoms with Crippen LogP contribution in [0.4, 0.5) is 14.9 Å². The number of hydrogen-bond donors (Lipinski definition) is 2. The Balaban J connectivity index is 1.93. The van der Waals surface area contributed by atoms with Gasteiger partial charge in [-0.25, -0.2) is 9.38 Å². The molecule has 1 aliphatic rings. The number of aliphatic imine (C=N–C) groups is 1. The van der Waals surface area contributed by atoms with E-state index in [2.05, 4.69) is 10.3 Å². The summed E-state index contributed by atoms with van der Waals surface area (Å²) in [5.74, 6) is 0.263.